The second kappa shape index (κ2) is 5.71. The van der Waals surface area contributed by atoms with Crippen molar-refractivity contribution in [3.63, 3.8) is 0 Å². The van der Waals surface area contributed by atoms with Gasteiger partial charge >= 0.3 is 5.97 Å². The van der Waals surface area contributed by atoms with Crippen molar-refractivity contribution in [2.45, 2.75) is 25.3 Å². The zero-order chi connectivity index (χ0) is 16.6. The highest BCUT2D eigenvalue weighted by atomic mass is 16.6. The van der Waals surface area contributed by atoms with E-state index in [0.717, 1.165) is 6.42 Å². The molecule has 1 amide bonds. The highest BCUT2D eigenvalue weighted by Gasteiger charge is 2.34. The van der Waals surface area contributed by atoms with Gasteiger partial charge in [-0.3, -0.25) is 19.7 Å². The van der Waals surface area contributed by atoms with Gasteiger partial charge in [0.05, 0.1) is 10.8 Å². The van der Waals surface area contributed by atoms with E-state index in [1.165, 1.54) is 12.1 Å². The van der Waals surface area contributed by atoms with Gasteiger partial charge in [0.2, 0.25) is 0 Å². The first-order chi connectivity index (χ1) is 11.0. The van der Waals surface area contributed by atoms with Gasteiger partial charge in [-0.05, 0) is 18.9 Å². The van der Waals surface area contributed by atoms with Crippen molar-refractivity contribution in [3.05, 3.63) is 40.1 Å². The van der Waals surface area contributed by atoms with Crippen molar-refractivity contribution < 1.29 is 19.6 Å². The molecule has 0 spiro atoms. The van der Waals surface area contributed by atoms with Crippen LogP contribution in [0.25, 0.3) is 10.9 Å². The summed E-state index contributed by atoms with van der Waals surface area (Å²) in [5.41, 5.74) is 0.361. The maximum absolute atomic E-state index is 12.3. The molecule has 0 saturated heterocycles. The van der Waals surface area contributed by atoms with Crippen LogP contribution in [0.4, 0.5) is 5.69 Å². The first-order valence-corrected chi connectivity index (χ1v) is 7.27. The molecule has 1 aromatic heterocycles. The Morgan fingerprint density at radius 2 is 2.13 bits per heavy atom. The summed E-state index contributed by atoms with van der Waals surface area (Å²) >= 11 is 0. The van der Waals surface area contributed by atoms with E-state index in [1.54, 1.807) is 12.1 Å². The molecule has 2 aromatic rings. The molecule has 1 aliphatic carbocycles. The minimum Gasteiger partial charge on any atom is -0.481 e. The number of non-ortho nitro benzene ring substituents is 1. The van der Waals surface area contributed by atoms with Crippen LogP contribution in [0, 0.1) is 16.0 Å². The molecule has 1 saturated carbocycles. The Morgan fingerprint density at radius 1 is 1.35 bits per heavy atom. The predicted molar refractivity (Wildman–Crippen MR) is 81.2 cm³/mol. The highest BCUT2D eigenvalue weighted by molar-refractivity contribution is 6.00. The number of H-pyrrole nitrogens is 1. The number of carboxylic acids is 1. The number of aromatic nitrogens is 1. The fourth-order valence-corrected chi connectivity index (χ4v) is 3.09. The first-order valence-electron chi connectivity index (χ1n) is 7.27. The maximum Gasteiger partial charge on any atom is 0.308 e. The molecule has 8 nitrogen and oxygen atoms in total. The number of hydrogen-bond donors (Lipinski definition) is 3. The standard InChI is InChI=1S/C15H15N3O5/c19-14(17-10-5-2-4-9(10)15(20)21)11-7-8-3-1-6-12(18(22)23)13(8)16-11/h1,3,6-7,9-10,16H,2,4-5H2,(H,17,19)(H,20,21)/t9-,10+/m1/s1. The molecule has 1 fully saturated rings. The summed E-state index contributed by atoms with van der Waals surface area (Å²) < 4.78 is 0. The van der Waals surface area contributed by atoms with E-state index >= 15 is 0 Å². The van der Waals surface area contributed by atoms with Gasteiger partial charge in [-0.15, -0.1) is 0 Å². The molecule has 1 heterocycles. The minimum atomic E-state index is -0.917. The topological polar surface area (TPSA) is 125 Å². The zero-order valence-electron chi connectivity index (χ0n) is 12.1. The molecular formula is C15H15N3O5. The lowest BCUT2D eigenvalue weighted by Crippen LogP contribution is -2.40. The Bertz CT molecular complexity index is 798. The van der Waals surface area contributed by atoms with Crippen LogP contribution in [0.2, 0.25) is 0 Å². The number of aliphatic carboxylic acids is 1. The van der Waals surface area contributed by atoms with E-state index in [9.17, 15) is 19.7 Å². The second-order valence-electron chi connectivity index (χ2n) is 5.64. The molecule has 0 aliphatic heterocycles. The summed E-state index contributed by atoms with van der Waals surface area (Å²) in [6, 6.07) is 5.69. The number of para-hydroxylation sites is 1. The third kappa shape index (κ3) is 2.75. The SMILES string of the molecule is O=C(N[C@H]1CCC[C@H]1C(=O)O)c1cc2cccc([N+](=O)[O-])c2[nH]1. The normalized spacial score (nSPS) is 20.5. The lowest BCUT2D eigenvalue weighted by Gasteiger charge is -2.16. The van der Waals surface area contributed by atoms with E-state index in [2.05, 4.69) is 10.3 Å². The molecule has 3 rings (SSSR count). The number of nitro benzene ring substituents is 1. The fraction of sp³-hybridized carbons (Fsp3) is 0.333. The quantitative estimate of drug-likeness (QED) is 0.588. The molecule has 23 heavy (non-hydrogen) atoms. The van der Waals surface area contributed by atoms with Crippen LogP contribution in [-0.2, 0) is 4.79 Å². The predicted octanol–water partition coefficient (Wildman–Crippen LogP) is 2.06. The second-order valence-corrected chi connectivity index (χ2v) is 5.64. The van der Waals surface area contributed by atoms with E-state index in [0.29, 0.717) is 18.2 Å². The number of hydrogen-bond acceptors (Lipinski definition) is 4. The van der Waals surface area contributed by atoms with Crippen LogP contribution in [0.5, 0.6) is 0 Å². The Hall–Kier alpha value is -2.90. The lowest BCUT2D eigenvalue weighted by atomic mass is 10.0. The lowest BCUT2D eigenvalue weighted by molar-refractivity contribution is -0.383. The number of amides is 1. The Morgan fingerprint density at radius 3 is 2.83 bits per heavy atom. The van der Waals surface area contributed by atoms with Crippen LogP contribution in [0.1, 0.15) is 29.8 Å². The van der Waals surface area contributed by atoms with Gasteiger partial charge in [-0.25, -0.2) is 0 Å². The fourth-order valence-electron chi connectivity index (χ4n) is 3.09. The van der Waals surface area contributed by atoms with E-state index in [-0.39, 0.29) is 16.9 Å². The summed E-state index contributed by atoms with van der Waals surface area (Å²) in [7, 11) is 0. The molecule has 1 aliphatic rings. The average Bonchev–Trinajstić information content (AvgIpc) is 3.12. The van der Waals surface area contributed by atoms with Crippen molar-refractivity contribution in [2.75, 3.05) is 0 Å². The van der Waals surface area contributed by atoms with Gasteiger partial charge in [0.25, 0.3) is 11.6 Å². The van der Waals surface area contributed by atoms with Crippen LogP contribution in [0.15, 0.2) is 24.3 Å². The molecule has 0 radical (unpaired) electrons. The summed E-state index contributed by atoms with van der Waals surface area (Å²) in [6.45, 7) is 0. The third-order valence-electron chi connectivity index (χ3n) is 4.23. The molecule has 0 unspecified atom stereocenters. The van der Waals surface area contributed by atoms with Crippen molar-refractivity contribution in [1.82, 2.24) is 10.3 Å². The number of nitrogens with one attached hydrogen (secondary N) is 2. The number of nitro groups is 1. The largest absolute Gasteiger partial charge is 0.481 e. The highest BCUT2D eigenvalue weighted by Crippen LogP contribution is 2.28. The van der Waals surface area contributed by atoms with Gasteiger partial charge in [0, 0.05) is 17.5 Å². The Balaban J connectivity index is 1.85. The minimum absolute atomic E-state index is 0.106. The smallest absolute Gasteiger partial charge is 0.308 e. The number of aromatic amines is 1. The summed E-state index contributed by atoms with van der Waals surface area (Å²) in [5.74, 6) is -1.95. The van der Waals surface area contributed by atoms with Crippen LogP contribution < -0.4 is 5.32 Å². The van der Waals surface area contributed by atoms with Crippen molar-refractivity contribution in [1.29, 1.82) is 0 Å². The summed E-state index contributed by atoms with van der Waals surface area (Å²) in [5, 5.41) is 23.4. The number of carbonyl (C=O) groups is 2. The monoisotopic (exact) mass is 317 g/mol. The molecule has 2 atom stereocenters. The van der Waals surface area contributed by atoms with Gasteiger partial charge in [0.1, 0.15) is 11.2 Å². The maximum atomic E-state index is 12.3. The number of rotatable bonds is 4. The Kier molecular flexibility index (Phi) is 3.73. The van der Waals surface area contributed by atoms with Crippen molar-refractivity contribution in [2.24, 2.45) is 5.92 Å². The number of fused-ring (bicyclic) bond motifs is 1. The van der Waals surface area contributed by atoms with E-state index < -0.39 is 28.8 Å². The molecule has 120 valence electrons. The summed E-state index contributed by atoms with van der Waals surface area (Å²) in [4.78, 5) is 36.7. The van der Waals surface area contributed by atoms with E-state index in [4.69, 9.17) is 5.11 Å². The van der Waals surface area contributed by atoms with Gasteiger partial charge < -0.3 is 15.4 Å². The third-order valence-corrected chi connectivity index (χ3v) is 4.23. The van der Waals surface area contributed by atoms with Gasteiger partial charge in [-0.1, -0.05) is 18.6 Å². The molecule has 1 aromatic carbocycles. The van der Waals surface area contributed by atoms with Crippen molar-refractivity contribution in [3.8, 4) is 0 Å². The van der Waals surface area contributed by atoms with E-state index in [1.807, 2.05) is 0 Å². The number of benzene rings is 1. The average molecular weight is 317 g/mol. The number of carboxylic acid groups (broad SMARTS) is 1. The van der Waals surface area contributed by atoms with Crippen molar-refractivity contribution >= 4 is 28.5 Å². The number of carbonyl (C=O) groups excluding carboxylic acids is 1. The van der Waals surface area contributed by atoms with Crippen LogP contribution in [-0.4, -0.2) is 32.9 Å². The summed E-state index contributed by atoms with van der Waals surface area (Å²) in [6.07, 6.45) is 1.90. The molecule has 0 bridgehead atoms. The Labute approximate surface area is 130 Å². The molecular weight excluding hydrogens is 302 g/mol. The molecule has 8 heteroatoms. The van der Waals surface area contributed by atoms with Gasteiger partial charge in [-0.2, -0.15) is 0 Å². The zero-order valence-corrected chi connectivity index (χ0v) is 12.1. The van der Waals surface area contributed by atoms with Crippen LogP contribution >= 0.6 is 0 Å². The first kappa shape index (κ1) is 15.0. The van der Waals surface area contributed by atoms with Gasteiger partial charge in [0.15, 0.2) is 0 Å². The molecule has 3 N–H and O–H groups in total. The number of nitrogens with zero attached hydrogens (tertiary/aromatic N) is 1. The van der Waals surface area contributed by atoms with Crippen LogP contribution in [0.3, 0.4) is 0 Å².